The lowest BCUT2D eigenvalue weighted by molar-refractivity contribution is 0.0783. The Bertz CT molecular complexity index is 946. The minimum atomic E-state index is -0.0507. The van der Waals surface area contributed by atoms with Gasteiger partial charge in [-0.3, -0.25) is 9.48 Å². The monoisotopic (exact) mass is 395 g/mol. The summed E-state index contributed by atoms with van der Waals surface area (Å²) in [5, 5.41) is 8.34. The minimum Gasteiger partial charge on any atom is -0.376 e. The van der Waals surface area contributed by atoms with Crippen LogP contribution in [-0.2, 0) is 24.8 Å². The van der Waals surface area contributed by atoms with E-state index in [4.69, 9.17) is 9.26 Å². The van der Waals surface area contributed by atoms with Gasteiger partial charge in [0, 0.05) is 32.3 Å². The van der Waals surface area contributed by atoms with E-state index in [0.717, 1.165) is 17.7 Å². The van der Waals surface area contributed by atoms with Gasteiger partial charge in [0.2, 0.25) is 5.89 Å². The fraction of sp³-hybridized carbons (Fsp3) is 0.429. The summed E-state index contributed by atoms with van der Waals surface area (Å²) in [4.78, 5) is 19.0. The van der Waals surface area contributed by atoms with E-state index in [-0.39, 0.29) is 11.8 Å². The SMILES string of the molecule is Cc1cc(C(=O)N2CCC(c3nc(CCOCc4ccccc4)no3)C2)nn1C. The van der Waals surface area contributed by atoms with E-state index in [1.165, 1.54) is 0 Å². The number of likely N-dealkylation sites (tertiary alicyclic amines) is 1. The van der Waals surface area contributed by atoms with Crippen LogP contribution >= 0.6 is 0 Å². The number of hydrogen-bond donors (Lipinski definition) is 0. The first-order valence-electron chi connectivity index (χ1n) is 9.84. The zero-order chi connectivity index (χ0) is 20.2. The van der Waals surface area contributed by atoms with Gasteiger partial charge in [-0.25, -0.2) is 0 Å². The number of carbonyl (C=O) groups is 1. The molecule has 1 fully saturated rings. The second kappa shape index (κ2) is 8.57. The molecule has 152 valence electrons. The molecule has 1 aromatic carbocycles. The number of aryl methyl sites for hydroxylation is 2. The highest BCUT2D eigenvalue weighted by atomic mass is 16.5. The van der Waals surface area contributed by atoms with Crippen LogP contribution in [-0.4, -0.2) is 50.4 Å². The zero-order valence-corrected chi connectivity index (χ0v) is 16.7. The van der Waals surface area contributed by atoms with Crippen LogP contribution in [0.1, 0.15) is 45.8 Å². The molecule has 1 unspecified atom stereocenters. The van der Waals surface area contributed by atoms with Crippen molar-refractivity contribution in [2.45, 2.75) is 32.3 Å². The van der Waals surface area contributed by atoms with Crippen molar-refractivity contribution in [1.82, 2.24) is 24.8 Å². The van der Waals surface area contributed by atoms with Gasteiger partial charge in [0.25, 0.3) is 5.91 Å². The minimum absolute atomic E-state index is 0.0507. The van der Waals surface area contributed by atoms with E-state index >= 15 is 0 Å². The van der Waals surface area contributed by atoms with Crippen molar-refractivity contribution in [3.05, 3.63) is 65.1 Å². The summed E-state index contributed by atoms with van der Waals surface area (Å²) in [5.74, 6) is 1.24. The Morgan fingerprint density at radius 3 is 2.90 bits per heavy atom. The van der Waals surface area contributed by atoms with E-state index in [9.17, 15) is 4.79 Å². The number of aromatic nitrogens is 4. The molecule has 8 nitrogen and oxygen atoms in total. The molecule has 4 rings (SSSR count). The average molecular weight is 395 g/mol. The molecule has 1 aliphatic heterocycles. The first-order chi connectivity index (χ1) is 14.1. The van der Waals surface area contributed by atoms with Crippen molar-refractivity contribution in [3.63, 3.8) is 0 Å². The predicted octanol–water partition coefficient (Wildman–Crippen LogP) is 2.50. The van der Waals surface area contributed by atoms with Crippen LogP contribution in [0, 0.1) is 6.92 Å². The molecule has 0 saturated carbocycles. The summed E-state index contributed by atoms with van der Waals surface area (Å²) >= 11 is 0. The third-order valence-electron chi connectivity index (χ3n) is 5.22. The molecule has 1 atom stereocenters. The maximum atomic E-state index is 12.7. The van der Waals surface area contributed by atoms with Gasteiger partial charge in [0.15, 0.2) is 11.5 Å². The van der Waals surface area contributed by atoms with Crippen molar-refractivity contribution in [3.8, 4) is 0 Å². The van der Waals surface area contributed by atoms with Crippen LogP contribution in [0.15, 0.2) is 40.9 Å². The summed E-state index contributed by atoms with van der Waals surface area (Å²) in [6, 6.07) is 11.9. The van der Waals surface area contributed by atoms with Gasteiger partial charge < -0.3 is 14.2 Å². The molecule has 3 heterocycles. The number of hydrogen-bond acceptors (Lipinski definition) is 6. The van der Waals surface area contributed by atoms with Crippen LogP contribution in [0.5, 0.6) is 0 Å². The highest BCUT2D eigenvalue weighted by molar-refractivity contribution is 5.92. The predicted molar refractivity (Wildman–Crippen MR) is 105 cm³/mol. The Kier molecular flexibility index (Phi) is 5.71. The molecule has 1 saturated heterocycles. The summed E-state index contributed by atoms with van der Waals surface area (Å²) < 4.78 is 12.8. The Morgan fingerprint density at radius 1 is 1.31 bits per heavy atom. The van der Waals surface area contributed by atoms with Crippen LogP contribution in [0.2, 0.25) is 0 Å². The third-order valence-corrected chi connectivity index (χ3v) is 5.22. The standard InChI is InChI=1S/C21H25N5O3/c1-15-12-18(23-25(15)2)21(27)26-10-8-17(13-26)20-22-19(24-29-20)9-11-28-14-16-6-4-3-5-7-16/h3-7,12,17H,8-11,13-14H2,1-2H3. The smallest absolute Gasteiger partial charge is 0.274 e. The molecule has 0 N–H and O–H groups in total. The molecule has 0 aliphatic carbocycles. The molecular formula is C21H25N5O3. The normalized spacial score (nSPS) is 16.5. The molecule has 29 heavy (non-hydrogen) atoms. The molecule has 8 heteroatoms. The summed E-state index contributed by atoms with van der Waals surface area (Å²) in [7, 11) is 1.84. The Hall–Kier alpha value is -3.00. The Labute approximate surface area is 169 Å². The van der Waals surface area contributed by atoms with Gasteiger partial charge in [0.05, 0.1) is 19.1 Å². The first kappa shape index (κ1) is 19.3. The summed E-state index contributed by atoms with van der Waals surface area (Å²) in [6.07, 6.45) is 1.41. The molecule has 1 aliphatic rings. The fourth-order valence-electron chi connectivity index (χ4n) is 3.44. The lowest BCUT2D eigenvalue weighted by Crippen LogP contribution is -2.29. The quantitative estimate of drug-likeness (QED) is 0.572. The topological polar surface area (TPSA) is 86.3 Å². The van der Waals surface area contributed by atoms with Gasteiger partial charge in [-0.2, -0.15) is 10.1 Å². The number of nitrogens with zero attached hydrogens (tertiary/aromatic N) is 5. The number of amides is 1. The van der Waals surface area contributed by atoms with Gasteiger partial charge in [-0.15, -0.1) is 0 Å². The van der Waals surface area contributed by atoms with Gasteiger partial charge in [-0.05, 0) is 25.0 Å². The van der Waals surface area contributed by atoms with E-state index in [1.54, 1.807) is 9.58 Å². The molecule has 2 aromatic heterocycles. The fourth-order valence-corrected chi connectivity index (χ4v) is 3.44. The number of ether oxygens (including phenoxy) is 1. The van der Waals surface area contributed by atoms with Crippen molar-refractivity contribution in [2.24, 2.45) is 7.05 Å². The van der Waals surface area contributed by atoms with Crippen LogP contribution in [0.3, 0.4) is 0 Å². The lowest BCUT2D eigenvalue weighted by atomic mass is 10.1. The number of rotatable bonds is 7. The number of benzene rings is 1. The lowest BCUT2D eigenvalue weighted by Gasteiger charge is -2.13. The van der Waals surface area contributed by atoms with E-state index in [2.05, 4.69) is 15.2 Å². The van der Waals surface area contributed by atoms with Crippen LogP contribution in [0.4, 0.5) is 0 Å². The average Bonchev–Trinajstić information content (AvgIpc) is 3.46. The van der Waals surface area contributed by atoms with Crippen molar-refractivity contribution < 1.29 is 14.1 Å². The van der Waals surface area contributed by atoms with E-state index < -0.39 is 0 Å². The molecule has 0 radical (unpaired) electrons. The molecule has 1 amide bonds. The largest absolute Gasteiger partial charge is 0.376 e. The summed E-state index contributed by atoms with van der Waals surface area (Å²) in [5.41, 5.74) is 2.58. The maximum absolute atomic E-state index is 12.7. The second-order valence-corrected chi connectivity index (χ2v) is 7.37. The second-order valence-electron chi connectivity index (χ2n) is 7.37. The molecule has 3 aromatic rings. The number of carbonyl (C=O) groups excluding carboxylic acids is 1. The van der Waals surface area contributed by atoms with Crippen molar-refractivity contribution >= 4 is 5.91 Å². The van der Waals surface area contributed by atoms with Crippen molar-refractivity contribution in [1.29, 1.82) is 0 Å². The molecular weight excluding hydrogens is 370 g/mol. The van der Waals surface area contributed by atoms with Gasteiger partial charge in [-0.1, -0.05) is 35.5 Å². The van der Waals surface area contributed by atoms with Gasteiger partial charge >= 0.3 is 0 Å². The van der Waals surface area contributed by atoms with Crippen LogP contribution < -0.4 is 0 Å². The van der Waals surface area contributed by atoms with E-state index in [1.807, 2.05) is 50.4 Å². The zero-order valence-electron chi connectivity index (χ0n) is 16.7. The van der Waals surface area contributed by atoms with Crippen molar-refractivity contribution in [2.75, 3.05) is 19.7 Å². The Morgan fingerprint density at radius 2 is 2.14 bits per heavy atom. The highest BCUT2D eigenvalue weighted by Gasteiger charge is 2.32. The first-order valence-corrected chi connectivity index (χ1v) is 9.84. The molecule has 0 bridgehead atoms. The maximum Gasteiger partial charge on any atom is 0.274 e. The summed E-state index contributed by atoms with van der Waals surface area (Å²) in [6.45, 7) is 4.26. The van der Waals surface area contributed by atoms with Crippen LogP contribution in [0.25, 0.3) is 0 Å². The highest BCUT2D eigenvalue weighted by Crippen LogP contribution is 2.27. The molecule has 0 spiro atoms. The van der Waals surface area contributed by atoms with Gasteiger partial charge in [0.1, 0.15) is 0 Å². The van der Waals surface area contributed by atoms with E-state index in [0.29, 0.717) is 50.1 Å². The third kappa shape index (κ3) is 4.54. The Balaban J connectivity index is 1.27.